The lowest BCUT2D eigenvalue weighted by atomic mass is 10.3. The molecule has 1 aliphatic heterocycles. The molecule has 27 heavy (non-hydrogen) atoms. The zero-order valence-electron chi connectivity index (χ0n) is 15.0. The van der Waals surface area contributed by atoms with Crippen molar-refractivity contribution in [2.75, 3.05) is 39.5 Å². The van der Waals surface area contributed by atoms with Crippen LogP contribution in [0.1, 0.15) is 15.4 Å². The van der Waals surface area contributed by atoms with Gasteiger partial charge in [-0.05, 0) is 30.5 Å². The molecule has 0 bridgehead atoms. The molecule has 4 rings (SSSR count). The molecule has 4 heterocycles. The van der Waals surface area contributed by atoms with Gasteiger partial charge in [0.25, 0.3) is 0 Å². The van der Waals surface area contributed by atoms with E-state index in [1.807, 2.05) is 6.92 Å². The lowest BCUT2D eigenvalue weighted by Crippen LogP contribution is -2.38. The van der Waals surface area contributed by atoms with Crippen LogP contribution >= 0.6 is 34.0 Å². The van der Waals surface area contributed by atoms with Crippen molar-refractivity contribution in [3.8, 4) is 19.6 Å². The van der Waals surface area contributed by atoms with Gasteiger partial charge in [0.2, 0.25) is 0 Å². The van der Waals surface area contributed by atoms with E-state index in [0.29, 0.717) is 11.5 Å². The van der Waals surface area contributed by atoms with Gasteiger partial charge < -0.3 is 9.47 Å². The van der Waals surface area contributed by atoms with E-state index in [1.165, 1.54) is 21.1 Å². The molecule has 8 heteroatoms. The van der Waals surface area contributed by atoms with Crippen molar-refractivity contribution in [1.82, 2.24) is 9.88 Å². The number of ether oxygens (including phenoxy) is 2. The number of thiazole rings is 1. The van der Waals surface area contributed by atoms with Crippen molar-refractivity contribution in [2.24, 2.45) is 0 Å². The molecule has 0 saturated carbocycles. The molecule has 0 radical (unpaired) electrons. The monoisotopic (exact) mass is 420 g/mol. The third kappa shape index (κ3) is 4.47. The second-order valence-electron chi connectivity index (χ2n) is 6.16. The molecule has 3 aromatic heterocycles. The van der Waals surface area contributed by atoms with Gasteiger partial charge in [0.05, 0.1) is 23.8 Å². The van der Waals surface area contributed by atoms with Gasteiger partial charge >= 0.3 is 5.97 Å². The number of morpholine rings is 1. The van der Waals surface area contributed by atoms with Crippen molar-refractivity contribution in [1.29, 1.82) is 0 Å². The molecule has 0 aromatic carbocycles. The lowest BCUT2D eigenvalue weighted by molar-refractivity contribution is 0.0197. The molecule has 142 valence electrons. The Hall–Kier alpha value is -1.58. The van der Waals surface area contributed by atoms with Crippen LogP contribution in [0.25, 0.3) is 19.6 Å². The van der Waals surface area contributed by atoms with Crippen LogP contribution < -0.4 is 0 Å². The van der Waals surface area contributed by atoms with E-state index >= 15 is 0 Å². The van der Waals surface area contributed by atoms with Gasteiger partial charge in [0.15, 0.2) is 0 Å². The van der Waals surface area contributed by atoms with Crippen LogP contribution in [0, 0.1) is 6.92 Å². The second kappa shape index (κ2) is 8.62. The van der Waals surface area contributed by atoms with E-state index < -0.39 is 0 Å². The summed E-state index contributed by atoms with van der Waals surface area (Å²) in [5.74, 6) is -0.278. The predicted molar refractivity (Wildman–Crippen MR) is 111 cm³/mol. The first kappa shape index (κ1) is 18.8. The minimum absolute atomic E-state index is 0.278. The Labute approximate surface area is 170 Å². The number of esters is 1. The summed E-state index contributed by atoms with van der Waals surface area (Å²) >= 11 is 4.84. The maximum Gasteiger partial charge on any atom is 0.350 e. The first-order chi connectivity index (χ1) is 13.2. The largest absolute Gasteiger partial charge is 0.460 e. The first-order valence-electron chi connectivity index (χ1n) is 8.79. The fourth-order valence-electron chi connectivity index (χ4n) is 2.85. The molecular formula is C19H20N2O3S3. The number of carbonyl (C=O) groups excluding carboxylic acids is 1. The van der Waals surface area contributed by atoms with Gasteiger partial charge in [-0.25, -0.2) is 9.78 Å². The van der Waals surface area contributed by atoms with E-state index in [-0.39, 0.29) is 5.97 Å². The normalized spacial score (nSPS) is 15.1. The number of nitrogens with zero attached hydrogens (tertiary/aromatic N) is 2. The smallest absolute Gasteiger partial charge is 0.350 e. The number of rotatable bonds is 6. The summed E-state index contributed by atoms with van der Waals surface area (Å²) in [4.78, 5) is 23.5. The van der Waals surface area contributed by atoms with E-state index in [4.69, 9.17) is 9.47 Å². The minimum Gasteiger partial charge on any atom is -0.460 e. The van der Waals surface area contributed by atoms with Crippen LogP contribution in [-0.4, -0.2) is 55.3 Å². The number of aryl methyl sites for hydroxylation is 1. The van der Waals surface area contributed by atoms with Gasteiger partial charge in [-0.3, -0.25) is 4.90 Å². The Morgan fingerprint density at radius 3 is 2.78 bits per heavy atom. The Bertz CT molecular complexity index is 895. The average Bonchev–Trinajstić information content (AvgIpc) is 3.42. The van der Waals surface area contributed by atoms with E-state index in [2.05, 4.69) is 39.5 Å². The molecule has 0 amide bonds. The summed E-state index contributed by atoms with van der Waals surface area (Å²) in [6, 6.07) is 8.36. The molecule has 0 N–H and O–H groups in total. The summed E-state index contributed by atoms with van der Waals surface area (Å²) in [5, 5.41) is 2.95. The number of hydrogen-bond acceptors (Lipinski definition) is 8. The van der Waals surface area contributed by atoms with E-state index in [1.54, 1.807) is 22.7 Å². The first-order valence-corrected chi connectivity index (χ1v) is 11.3. The van der Waals surface area contributed by atoms with Crippen LogP contribution in [0.5, 0.6) is 0 Å². The Morgan fingerprint density at radius 1 is 1.19 bits per heavy atom. The maximum absolute atomic E-state index is 12.5. The summed E-state index contributed by atoms with van der Waals surface area (Å²) < 4.78 is 10.8. The summed E-state index contributed by atoms with van der Waals surface area (Å²) in [5.41, 5.74) is 0.734. The van der Waals surface area contributed by atoms with Crippen LogP contribution in [0.4, 0.5) is 0 Å². The van der Waals surface area contributed by atoms with Crippen LogP contribution in [-0.2, 0) is 9.47 Å². The van der Waals surface area contributed by atoms with Gasteiger partial charge in [0.1, 0.15) is 16.5 Å². The minimum atomic E-state index is -0.278. The fourth-order valence-corrected chi connectivity index (χ4v) is 5.71. The molecule has 0 spiro atoms. The Morgan fingerprint density at radius 2 is 2.00 bits per heavy atom. The molecule has 1 fully saturated rings. The van der Waals surface area contributed by atoms with Crippen molar-refractivity contribution < 1.29 is 14.3 Å². The maximum atomic E-state index is 12.5. The topological polar surface area (TPSA) is 51.7 Å². The van der Waals surface area contributed by atoms with Crippen LogP contribution in [0.15, 0.2) is 29.6 Å². The fraction of sp³-hybridized carbons (Fsp3) is 0.368. The SMILES string of the molecule is Cc1nc(-c2ccc(-c3cccs3)s2)sc1C(=O)OCCN1CCOCC1. The second-order valence-corrected chi connectivity index (χ2v) is 9.20. The highest BCUT2D eigenvalue weighted by Gasteiger charge is 2.19. The van der Waals surface area contributed by atoms with Crippen molar-refractivity contribution in [3.63, 3.8) is 0 Å². The molecule has 1 saturated heterocycles. The highest BCUT2D eigenvalue weighted by atomic mass is 32.1. The molecule has 0 atom stereocenters. The highest BCUT2D eigenvalue weighted by Crippen LogP contribution is 2.38. The Kier molecular flexibility index (Phi) is 5.99. The molecule has 3 aromatic rings. The predicted octanol–water partition coefficient (Wildman–Crippen LogP) is 4.40. The third-order valence-corrected chi connectivity index (χ3v) is 7.76. The average molecular weight is 421 g/mol. The number of thiophene rings is 2. The number of carbonyl (C=O) groups is 1. The summed E-state index contributed by atoms with van der Waals surface area (Å²) in [6.45, 7) is 6.30. The van der Waals surface area contributed by atoms with Gasteiger partial charge in [-0.2, -0.15) is 0 Å². The third-order valence-electron chi connectivity index (χ3n) is 4.31. The summed E-state index contributed by atoms with van der Waals surface area (Å²) in [6.07, 6.45) is 0. The zero-order valence-corrected chi connectivity index (χ0v) is 17.4. The molecule has 1 aliphatic rings. The van der Waals surface area contributed by atoms with E-state index in [0.717, 1.165) is 48.4 Å². The van der Waals surface area contributed by atoms with Crippen LogP contribution in [0.2, 0.25) is 0 Å². The Balaban J connectivity index is 1.39. The molecule has 5 nitrogen and oxygen atoms in total. The van der Waals surface area contributed by atoms with Crippen molar-refractivity contribution in [3.05, 3.63) is 40.2 Å². The molecular weight excluding hydrogens is 400 g/mol. The number of aromatic nitrogens is 1. The van der Waals surface area contributed by atoms with Crippen molar-refractivity contribution in [2.45, 2.75) is 6.92 Å². The molecule has 0 aliphatic carbocycles. The lowest BCUT2D eigenvalue weighted by Gasteiger charge is -2.26. The zero-order chi connectivity index (χ0) is 18.6. The summed E-state index contributed by atoms with van der Waals surface area (Å²) in [7, 11) is 0. The highest BCUT2D eigenvalue weighted by molar-refractivity contribution is 7.26. The van der Waals surface area contributed by atoms with Gasteiger partial charge in [0, 0.05) is 29.4 Å². The molecule has 0 unspecified atom stereocenters. The van der Waals surface area contributed by atoms with Crippen molar-refractivity contribution >= 4 is 40.0 Å². The van der Waals surface area contributed by atoms with Crippen LogP contribution in [0.3, 0.4) is 0 Å². The quantitative estimate of drug-likeness (QED) is 0.553. The van der Waals surface area contributed by atoms with Gasteiger partial charge in [-0.15, -0.1) is 34.0 Å². The number of hydrogen-bond donors (Lipinski definition) is 0. The standard InChI is InChI=1S/C19H20N2O3S3/c1-13-17(19(22)24-11-8-21-6-9-23-10-7-21)27-18(20-13)16-5-4-15(26-16)14-3-2-12-25-14/h2-5,12H,6-11H2,1H3. The van der Waals surface area contributed by atoms with E-state index in [9.17, 15) is 4.79 Å². The van der Waals surface area contributed by atoms with Gasteiger partial charge in [-0.1, -0.05) is 6.07 Å².